The van der Waals surface area contributed by atoms with Crippen LogP contribution in [-0.4, -0.2) is 50.8 Å². The average molecular weight is 588 g/mol. The van der Waals surface area contributed by atoms with Gasteiger partial charge in [-0.25, -0.2) is 4.39 Å². The number of anilines is 1. The van der Waals surface area contributed by atoms with Crippen LogP contribution in [0.4, 0.5) is 10.2 Å². The predicted octanol–water partition coefficient (Wildman–Crippen LogP) is 4.91. The maximum Gasteiger partial charge on any atom is 0.270 e. The molecule has 0 spiro atoms. The second-order valence-electron chi connectivity index (χ2n) is 10.0. The number of hydrogen-bond acceptors (Lipinski definition) is 7. The molecule has 2 fully saturated rings. The number of carbonyl (C=O) groups is 1. The molecule has 3 heterocycles. The van der Waals surface area contributed by atoms with E-state index in [1.54, 1.807) is 29.7 Å². The molecule has 0 bridgehead atoms. The Hall–Kier alpha value is -3.78. The first-order valence-corrected chi connectivity index (χ1v) is 14.7. The Balaban J connectivity index is 1.47. The highest BCUT2D eigenvalue weighted by atomic mass is 32.2. The molecule has 0 N–H and O–H groups in total. The maximum atomic E-state index is 13.5. The van der Waals surface area contributed by atoms with E-state index in [1.807, 2.05) is 25.1 Å². The van der Waals surface area contributed by atoms with Crippen molar-refractivity contribution in [1.82, 2.24) is 14.4 Å². The number of carbonyl (C=O) groups excluding carboxylic acids is 1. The van der Waals surface area contributed by atoms with E-state index in [4.69, 9.17) is 12.2 Å². The third-order valence-electron chi connectivity index (χ3n) is 7.49. The molecule has 5 rings (SSSR count). The molecule has 1 aromatic heterocycles. The lowest BCUT2D eigenvalue weighted by molar-refractivity contribution is -0.122. The van der Waals surface area contributed by atoms with E-state index in [1.165, 1.54) is 34.4 Å². The monoisotopic (exact) mass is 587 g/mol. The lowest BCUT2D eigenvalue weighted by Crippen LogP contribution is -2.48. The molecule has 2 aromatic carbocycles. The van der Waals surface area contributed by atoms with Gasteiger partial charge in [-0.05, 0) is 48.7 Å². The lowest BCUT2D eigenvalue weighted by atomic mass is 10.0. The number of rotatable bonds is 7. The number of benzene rings is 2. The van der Waals surface area contributed by atoms with Crippen molar-refractivity contribution in [2.75, 3.05) is 31.1 Å². The van der Waals surface area contributed by atoms with Crippen molar-refractivity contribution in [1.29, 1.82) is 5.26 Å². The topological polar surface area (TPSA) is 72.6 Å². The van der Waals surface area contributed by atoms with Crippen molar-refractivity contribution < 1.29 is 9.18 Å². The van der Waals surface area contributed by atoms with Gasteiger partial charge in [0.1, 0.15) is 27.6 Å². The molecule has 0 saturated carbocycles. The standard InChI is InChI=1S/C31H30FN5O2S2/c1-3-36-28(35-15-13-34(14-16-35)19-22-7-5-4-6-8-22)25(21(2)26(18-33)29(36)38)17-27-30(39)37(31(40)41-27)20-23-9-11-24(32)12-10-23/h4-12,17H,3,13-16,19-20H2,1-2H3/b27-17+. The molecule has 2 aliphatic rings. The van der Waals surface area contributed by atoms with Crippen molar-refractivity contribution in [3.8, 4) is 6.07 Å². The highest BCUT2D eigenvalue weighted by Crippen LogP contribution is 2.37. The number of thiocarbonyl (C=S) groups is 1. The second-order valence-corrected chi connectivity index (χ2v) is 11.7. The van der Waals surface area contributed by atoms with Gasteiger partial charge in [0.2, 0.25) is 0 Å². The molecule has 10 heteroatoms. The molecular weight excluding hydrogens is 558 g/mol. The van der Waals surface area contributed by atoms with E-state index in [9.17, 15) is 19.2 Å². The number of hydrogen-bond donors (Lipinski definition) is 0. The van der Waals surface area contributed by atoms with Gasteiger partial charge in [0.25, 0.3) is 11.5 Å². The predicted molar refractivity (Wildman–Crippen MR) is 165 cm³/mol. The molecule has 0 atom stereocenters. The zero-order valence-electron chi connectivity index (χ0n) is 23.0. The molecule has 0 unspecified atom stereocenters. The van der Waals surface area contributed by atoms with Crippen LogP contribution in [0.15, 0.2) is 64.3 Å². The third kappa shape index (κ3) is 5.98. The molecule has 0 aliphatic carbocycles. The maximum absolute atomic E-state index is 13.5. The van der Waals surface area contributed by atoms with E-state index < -0.39 is 0 Å². The number of piperazine rings is 1. The summed E-state index contributed by atoms with van der Waals surface area (Å²) < 4.78 is 15.4. The van der Waals surface area contributed by atoms with E-state index in [-0.39, 0.29) is 29.4 Å². The van der Waals surface area contributed by atoms with Crippen LogP contribution in [0.3, 0.4) is 0 Å². The van der Waals surface area contributed by atoms with Crippen molar-refractivity contribution >= 4 is 46.1 Å². The van der Waals surface area contributed by atoms with E-state index in [0.717, 1.165) is 31.0 Å². The fraction of sp³-hybridized carbons (Fsp3) is 0.290. The van der Waals surface area contributed by atoms with Gasteiger partial charge < -0.3 is 4.90 Å². The van der Waals surface area contributed by atoms with E-state index in [0.29, 0.717) is 40.0 Å². The molecular formula is C31H30FN5O2S2. The molecule has 7 nitrogen and oxygen atoms in total. The smallest absolute Gasteiger partial charge is 0.270 e. The minimum atomic E-state index is -0.345. The minimum absolute atomic E-state index is 0.0753. The van der Waals surface area contributed by atoms with E-state index in [2.05, 4.69) is 28.0 Å². The van der Waals surface area contributed by atoms with Gasteiger partial charge in [0.15, 0.2) is 0 Å². The van der Waals surface area contributed by atoms with Crippen LogP contribution in [0.1, 0.15) is 34.7 Å². The summed E-state index contributed by atoms with van der Waals surface area (Å²) in [6, 6.07) is 18.4. The number of aromatic nitrogens is 1. The van der Waals surface area contributed by atoms with Gasteiger partial charge in [0, 0.05) is 44.8 Å². The molecule has 2 aliphatic heterocycles. The number of halogens is 1. The summed E-state index contributed by atoms with van der Waals surface area (Å²) in [6.07, 6.45) is 1.78. The Kier molecular flexibility index (Phi) is 8.68. The van der Waals surface area contributed by atoms with Gasteiger partial charge in [-0.2, -0.15) is 5.26 Å². The van der Waals surface area contributed by atoms with Crippen LogP contribution in [0.5, 0.6) is 0 Å². The number of pyridine rings is 1. The largest absolute Gasteiger partial charge is 0.355 e. The summed E-state index contributed by atoms with van der Waals surface area (Å²) in [6.45, 7) is 8.14. The Labute approximate surface area is 248 Å². The molecule has 3 aromatic rings. The van der Waals surface area contributed by atoms with E-state index >= 15 is 0 Å². The lowest BCUT2D eigenvalue weighted by Gasteiger charge is -2.38. The van der Waals surface area contributed by atoms with Gasteiger partial charge >= 0.3 is 0 Å². The van der Waals surface area contributed by atoms with Crippen LogP contribution in [0, 0.1) is 24.1 Å². The van der Waals surface area contributed by atoms with Gasteiger partial charge in [-0.1, -0.05) is 66.4 Å². The number of thioether (sulfide) groups is 1. The van der Waals surface area contributed by atoms with Crippen molar-refractivity contribution in [3.63, 3.8) is 0 Å². The summed E-state index contributed by atoms with van der Waals surface area (Å²) in [4.78, 5) is 33.4. The zero-order chi connectivity index (χ0) is 29.1. The number of nitrogens with zero attached hydrogens (tertiary/aromatic N) is 5. The first kappa shape index (κ1) is 28.7. The first-order chi connectivity index (χ1) is 19.8. The summed E-state index contributed by atoms with van der Waals surface area (Å²) in [5.74, 6) is 0.120. The molecule has 0 radical (unpaired) electrons. The fourth-order valence-corrected chi connectivity index (χ4v) is 6.51. The fourth-order valence-electron chi connectivity index (χ4n) is 5.28. The van der Waals surface area contributed by atoms with Crippen molar-refractivity contribution in [2.45, 2.75) is 33.5 Å². The Bertz CT molecular complexity index is 1600. The summed E-state index contributed by atoms with van der Waals surface area (Å²) in [5, 5.41) is 9.87. The quantitative estimate of drug-likeness (QED) is 0.287. The minimum Gasteiger partial charge on any atom is -0.355 e. The highest BCUT2D eigenvalue weighted by Gasteiger charge is 2.33. The molecule has 2 saturated heterocycles. The van der Waals surface area contributed by atoms with Crippen molar-refractivity contribution in [3.05, 3.63) is 103 Å². The summed E-state index contributed by atoms with van der Waals surface area (Å²) in [5.41, 5.74) is 3.00. The van der Waals surface area contributed by atoms with Crippen LogP contribution < -0.4 is 10.5 Å². The van der Waals surface area contributed by atoms with Crippen LogP contribution in [0.25, 0.3) is 6.08 Å². The van der Waals surface area contributed by atoms with Crippen LogP contribution >= 0.6 is 24.0 Å². The molecule has 1 amide bonds. The van der Waals surface area contributed by atoms with Crippen molar-refractivity contribution in [2.24, 2.45) is 0 Å². The Morgan fingerprint density at radius 2 is 1.66 bits per heavy atom. The Morgan fingerprint density at radius 1 is 1.00 bits per heavy atom. The molecule has 210 valence electrons. The SMILES string of the molecule is CCn1c(N2CCN(Cc3ccccc3)CC2)c(/C=C2/SC(=S)N(Cc3ccc(F)cc3)C2=O)c(C)c(C#N)c1=O. The highest BCUT2D eigenvalue weighted by molar-refractivity contribution is 8.26. The molecule has 41 heavy (non-hydrogen) atoms. The normalized spacial score (nSPS) is 17.0. The third-order valence-corrected chi connectivity index (χ3v) is 8.86. The second kappa shape index (κ2) is 12.4. The number of amides is 1. The van der Waals surface area contributed by atoms with Gasteiger partial charge in [-0.15, -0.1) is 0 Å². The first-order valence-electron chi connectivity index (χ1n) is 13.5. The van der Waals surface area contributed by atoms with Crippen LogP contribution in [-0.2, 0) is 24.4 Å². The van der Waals surface area contributed by atoms with Crippen LogP contribution in [0.2, 0.25) is 0 Å². The zero-order valence-corrected chi connectivity index (χ0v) is 24.6. The average Bonchev–Trinajstić information content (AvgIpc) is 3.24. The summed E-state index contributed by atoms with van der Waals surface area (Å²) >= 11 is 6.73. The van der Waals surface area contributed by atoms with Gasteiger partial charge in [-0.3, -0.25) is 24.0 Å². The summed E-state index contributed by atoms with van der Waals surface area (Å²) in [7, 11) is 0. The van der Waals surface area contributed by atoms with Gasteiger partial charge in [0.05, 0.1) is 11.4 Å². The number of nitriles is 1. The Morgan fingerprint density at radius 3 is 2.29 bits per heavy atom.